The van der Waals surface area contributed by atoms with Gasteiger partial charge in [0.05, 0.1) is 0 Å². The number of aryl methyl sites for hydroxylation is 2. The van der Waals surface area contributed by atoms with Crippen LogP contribution in [0, 0.1) is 11.6 Å². The van der Waals surface area contributed by atoms with E-state index in [0.29, 0.717) is 24.5 Å². The minimum atomic E-state index is -0.768. The summed E-state index contributed by atoms with van der Waals surface area (Å²) in [6.45, 7) is 3.72. The van der Waals surface area contributed by atoms with E-state index in [0.717, 1.165) is 12.1 Å². The van der Waals surface area contributed by atoms with Gasteiger partial charge in [-0.05, 0) is 12.1 Å². The number of nitrogens with zero attached hydrogens (tertiary/aromatic N) is 3. The van der Waals surface area contributed by atoms with Crippen molar-refractivity contribution < 1.29 is 8.78 Å². The van der Waals surface area contributed by atoms with Gasteiger partial charge in [-0.25, -0.2) is 18.4 Å². The van der Waals surface area contributed by atoms with E-state index in [-0.39, 0.29) is 16.2 Å². The highest BCUT2D eigenvalue weighted by Gasteiger charge is 2.19. The Morgan fingerprint density at radius 1 is 1.25 bits per heavy atom. The molecular formula is C13H14F2N4S. The molecule has 0 aliphatic rings. The number of nitrogens with two attached hydrogens (primary N) is 1. The van der Waals surface area contributed by atoms with Crippen LogP contribution in [0.5, 0.6) is 0 Å². The van der Waals surface area contributed by atoms with Crippen LogP contribution in [0.1, 0.15) is 31.1 Å². The largest absolute Gasteiger partial charge is 0.389 e. The lowest BCUT2D eigenvalue weighted by molar-refractivity contribution is 0.554. The number of thiocarbonyl (C=S) groups is 1. The molecule has 2 rings (SSSR count). The van der Waals surface area contributed by atoms with Crippen LogP contribution in [0.4, 0.5) is 8.78 Å². The highest BCUT2D eigenvalue weighted by Crippen LogP contribution is 2.21. The van der Waals surface area contributed by atoms with Crippen molar-refractivity contribution in [2.24, 2.45) is 5.73 Å². The maximum absolute atomic E-state index is 14.1. The Balaban J connectivity index is 2.63. The van der Waals surface area contributed by atoms with Gasteiger partial charge in [-0.3, -0.25) is 0 Å². The Bertz CT molecular complexity index is 643. The summed E-state index contributed by atoms with van der Waals surface area (Å²) in [5.74, 6) is -0.494. The Morgan fingerprint density at radius 3 is 2.30 bits per heavy atom. The number of benzene rings is 1. The quantitative estimate of drug-likeness (QED) is 0.880. The first-order valence-electron chi connectivity index (χ1n) is 6.21. The molecule has 2 N–H and O–H groups in total. The van der Waals surface area contributed by atoms with Crippen molar-refractivity contribution in [2.45, 2.75) is 26.7 Å². The zero-order valence-electron chi connectivity index (χ0n) is 11.2. The van der Waals surface area contributed by atoms with Crippen LogP contribution < -0.4 is 5.73 Å². The predicted octanol–water partition coefficient (Wildman–Crippen LogP) is 2.30. The second-order valence-electron chi connectivity index (χ2n) is 4.22. The van der Waals surface area contributed by atoms with Crippen molar-refractivity contribution in [1.82, 2.24) is 14.8 Å². The molecule has 0 fully saturated rings. The average Bonchev–Trinajstić information content (AvgIpc) is 2.81. The van der Waals surface area contributed by atoms with Crippen molar-refractivity contribution in [3.8, 4) is 5.69 Å². The van der Waals surface area contributed by atoms with E-state index in [1.807, 2.05) is 13.8 Å². The van der Waals surface area contributed by atoms with Crippen LogP contribution in [0.2, 0.25) is 0 Å². The Labute approximate surface area is 120 Å². The van der Waals surface area contributed by atoms with Crippen LogP contribution in [0.15, 0.2) is 12.1 Å². The van der Waals surface area contributed by atoms with E-state index < -0.39 is 11.6 Å². The highest BCUT2D eigenvalue weighted by atomic mass is 32.1. The van der Waals surface area contributed by atoms with Gasteiger partial charge in [0.1, 0.15) is 16.5 Å². The molecule has 0 unspecified atom stereocenters. The molecule has 4 nitrogen and oxygen atoms in total. The van der Waals surface area contributed by atoms with Gasteiger partial charge in [0.2, 0.25) is 0 Å². The van der Waals surface area contributed by atoms with E-state index >= 15 is 0 Å². The molecule has 0 saturated heterocycles. The molecular weight excluding hydrogens is 282 g/mol. The fraction of sp³-hybridized carbons (Fsp3) is 0.308. The summed E-state index contributed by atoms with van der Waals surface area (Å²) >= 11 is 4.72. The summed E-state index contributed by atoms with van der Waals surface area (Å²) in [4.78, 5) is 4.17. The Kier molecular flexibility index (Phi) is 4.08. The summed E-state index contributed by atoms with van der Waals surface area (Å²) in [5, 5.41) is 4.13. The summed E-state index contributed by atoms with van der Waals surface area (Å²) < 4.78 is 29.5. The normalized spacial score (nSPS) is 10.8. The number of halogens is 2. The molecule has 0 aliphatic carbocycles. The van der Waals surface area contributed by atoms with Crippen LogP contribution in [0.25, 0.3) is 5.69 Å². The molecule has 0 saturated carbocycles. The minimum absolute atomic E-state index is 0.0575. The number of hydrogen-bond acceptors (Lipinski definition) is 3. The number of hydrogen-bond donors (Lipinski definition) is 1. The van der Waals surface area contributed by atoms with Crippen LogP contribution in [0.3, 0.4) is 0 Å². The third kappa shape index (κ3) is 2.53. The topological polar surface area (TPSA) is 56.7 Å². The van der Waals surface area contributed by atoms with E-state index in [9.17, 15) is 8.78 Å². The standard InChI is InChI=1S/C13H14F2N4S/c1-3-10-17-11(4-2)19(18-10)12-8(14)5-7(13(16)20)6-9(12)15/h5-6H,3-4H2,1-2H3,(H2,16,20). The zero-order valence-corrected chi connectivity index (χ0v) is 12.0. The molecule has 7 heteroatoms. The molecule has 0 aliphatic heterocycles. The zero-order chi connectivity index (χ0) is 14.9. The molecule has 0 bridgehead atoms. The maximum atomic E-state index is 14.1. The second-order valence-corrected chi connectivity index (χ2v) is 4.66. The van der Waals surface area contributed by atoms with Crippen LogP contribution >= 0.6 is 12.2 Å². The third-order valence-electron chi connectivity index (χ3n) is 2.86. The number of aromatic nitrogens is 3. The lowest BCUT2D eigenvalue weighted by atomic mass is 10.2. The maximum Gasteiger partial charge on any atom is 0.152 e. The lowest BCUT2D eigenvalue weighted by Gasteiger charge is -2.09. The second kappa shape index (κ2) is 5.62. The van der Waals surface area contributed by atoms with Gasteiger partial charge in [-0.15, -0.1) is 0 Å². The van der Waals surface area contributed by atoms with E-state index in [2.05, 4.69) is 10.1 Å². The van der Waals surface area contributed by atoms with Crippen molar-refractivity contribution in [2.75, 3.05) is 0 Å². The molecule has 0 amide bonds. The van der Waals surface area contributed by atoms with Crippen LogP contribution in [-0.4, -0.2) is 19.8 Å². The smallest absolute Gasteiger partial charge is 0.152 e. The van der Waals surface area contributed by atoms with Gasteiger partial charge in [0.15, 0.2) is 17.5 Å². The molecule has 106 valence electrons. The van der Waals surface area contributed by atoms with Crippen molar-refractivity contribution >= 4 is 17.2 Å². The molecule has 0 spiro atoms. The molecule has 2 aromatic rings. The van der Waals surface area contributed by atoms with Gasteiger partial charge in [0.25, 0.3) is 0 Å². The van der Waals surface area contributed by atoms with Crippen molar-refractivity contribution in [3.05, 3.63) is 41.0 Å². The van der Waals surface area contributed by atoms with E-state index in [1.165, 1.54) is 4.68 Å². The molecule has 1 heterocycles. The summed E-state index contributed by atoms with van der Waals surface area (Å²) in [5.41, 5.74) is 5.28. The fourth-order valence-corrected chi connectivity index (χ4v) is 1.98. The summed E-state index contributed by atoms with van der Waals surface area (Å²) in [6.07, 6.45) is 1.11. The first kappa shape index (κ1) is 14.5. The van der Waals surface area contributed by atoms with Gasteiger partial charge < -0.3 is 5.73 Å². The van der Waals surface area contributed by atoms with E-state index in [1.54, 1.807) is 0 Å². The molecule has 20 heavy (non-hydrogen) atoms. The summed E-state index contributed by atoms with van der Waals surface area (Å²) in [7, 11) is 0. The fourth-order valence-electron chi connectivity index (χ4n) is 1.86. The summed E-state index contributed by atoms with van der Waals surface area (Å²) in [6, 6.07) is 2.21. The van der Waals surface area contributed by atoms with Gasteiger partial charge in [0, 0.05) is 18.4 Å². The lowest BCUT2D eigenvalue weighted by Crippen LogP contribution is -2.13. The average molecular weight is 296 g/mol. The molecule has 0 atom stereocenters. The van der Waals surface area contributed by atoms with Gasteiger partial charge >= 0.3 is 0 Å². The van der Waals surface area contributed by atoms with Gasteiger partial charge in [-0.2, -0.15) is 5.10 Å². The Morgan fingerprint density at radius 2 is 1.85 bits per heavy atom. The molecule has 1 aromatic heterocycles. The first-order valence-corrected chi connectivity index (χ1v) is 6.62. The van der Waals surface area contributed by atoms with E-state index in [4.69, 9.17) is 18.0 Å². The molecule has 1 aromatic carbocycles. The highest BCUT2D eigenvalue weighted by molar-refractivity contribution is 7.80. The SMILES string of the molecule is CCc1nc(CC)n(-c2c(F)cc(C(N)=S)cc2F)n1. The predicted molar refractivity (Wildman–Crippen MR) is 75.9 cm³/mol. The van der Waals surface area contributed by atoms with Gasteiger partial charge in [-0.1, -0.05) is 26.1 Å². The monoisotopic (exact) mass is 296 g/mol. The first-order chi connectivity index (χ1) is 9.47. The van der Waals surface area contributed by atoms with Crippen molar-refractivity contribution in [3.63, 3.8) is 0 Å². The number of rotatable bonds is 4. The molecule has 0 radical (unpaired) electrons. The Hall–Kier alpha value is -1.89. The minimum Gasteiger partial charge on any atom is -0.389 e. The third-order valence-corrected chi connectivity index (χ3v) is 3.10. The van der Waals surface area contributed by atoms with Crippen molar-refractivity contribution in [1.29, 1.82) is 0 Å². The van der Waals surface area contributed by atoms with Crippen LogP contribution in [-0.2, 0) is 12.8 Å².